The van der Waals surface area contributed by atoms with Crippen molar-refractivity contribution in [3.8, 4) is 0 Å². The Bertz CT molecular complexity index is 1470. The van der Waals surface area contributed by atoms with Crippen LogP contribution in [0.25, 0.3) is 0 Å². The molecule has 0 bridgehead atoms. The number of carbonyl (C=O) groups excluding carboxylic acids is 3. The Hall–Kier alpha value is -3.90. The number of carbonyl (C=O) groups is 3. The number of amides is 3. The maximum Gasteiger partial charge on any atom is 0.251 e. The highest BCUT2D eigenvalue weighted by atomic mass is 32.2. The van der Waals surface area contributed by atoms with E-state index in [0.717, 1.165) is 42.1 Å². The van der Waals surface area contributed by atoms with E-state index in [-0.39, 0.29) is 17.7 Å². The number of hydrogen-bond acceptors (Lipinski definition) is 5. The van der Waals surface area contributed by atoms with Crippen molar-refractivity contribution in [2.45, 2.75) is 35.6 Å². The Morgan fingerprint density at radius 1 is 0.976 bits per heavy atom. The highest BCUT2D eigenvalue weighted by Gasteiger charge is 2.41. The van der Waals surface area contributed by atoms with Crippen LogP contribution in [0.2, 0.25) is 0 Å². The first-order chi connectivity index (χ1) is 19.9. The Morgan fingerprint density at radius 2 is 1.67 bits per heavy atom. The van der Waals surface area contributed by atoms with Gasteiger partial charge in [-0.3, -0.25) is 14.4 Å². The van der Waals surface area contributed by atoms with Gasteiger partial charge in [0.25, 0.3) is 5.91 Å². The Kier molecular flexibility index (Phi) is 9.89. The molecule has 4 rings (SSSR count). The summed E-state index contributed by atoms with van der Waals surface area (Å²) in [4.78, 5) is 44.0. The average Bonchev–Trinajstić information content (AvgIpc) is 3.02. The average molecular weight is 603 g/mol. The number of fused-ring (bicyclic) bond motifs is 1. The standard InChI is InChI=1S/C30H30F4N4O3S/c1-17(35-26(39)14-18-12-20(32)15-21(33)13-18)29(40)36-27-28(22-16-19(31)8-9-23(22)34)42-25-7-5-4-6-24(25)38(30(27)41)11-10-37(2)3/h4-9,12-13,15-17,27-28H,10-11,14H2,1-3H3,(H,35,39)(H,36,40)/t17?,27-,28+/m0/s1. The summed E-state index contributed by atoms with van der Waals surface area (Å²) in [6.07, 6.45) is -0.394. The number of hydrogen-bond donors (Lipinski definition) is 2. The smallest absolute Gasteiger partial charge is 0.251 e. The summed E-state index contributed by atoms with van der Waals surface area (Å²) < 4.78 is 56.5. The van der Waals surface area contributed by atoms with Gasteiger partial charge in [-0.25, -0.2) is 17.6 Å². The molecule has 1 aliphatic rings. The minimum Gasteiger partial charge on any atom is -0.344 e. The van der Waals surface area contributed by atoms with E-state index in [2.05, 4.69) is 10.6 Å². The lowest BCUT2D eigenvalue weighted by Gasteiger charge is -2.30. The van der Waals surface area contributed by atoms with Gasteiger partial charge < -0.3 is 20.4 Å². The topological polar surface area (TPSA) is 81.8 Å². The molecule has 3 aromatic rings. The molecular weight excluding hydrogens is 572 g/mol. The maximum absolute atomic E-state index is 15.1. The van der Waals surface area contributed by atoms with Gasteiger partial charge in [0, 0.05) is 29.6 Å². The van der Waals surface area contributed by atoms with Crippen LogP contribution >= 0.6 is 11.8 Å². The van der Waals surface area contributed by atoms with E-state index >= 15 is 4.39 Å². The van der Waals surface area contributed by atoms with Crippen molar-refractivity contribution in [1.82, 2.24) is 15.5 Å². The van der Waals surface area contributed by atoms with Gasteiger partial charge in [-0.05, 0) is 69.0 Å². The monoisotopic (exact) mass is 602 g/mol. The van der Waals surface area contributed by atoms with Gasteiger partial charge in [-0.2, -0.15) is 0 Å². The summed E-state index contributed by atoms with van der Waals surface area (Å²) in [6.45, 7) is 2.12. The lowest BCUT2D eigenvalue weighted by molar-refractivity contribution is -0.131. The number of thioether (sulfide) groups is 1. The molecule has 7 nitrogen and oxygen atoms in total. The normalized spacial score (nSPS) is 17.4. The summed E-state index contributed by atoms with van der Waals surface area (Å²) >= 11 is 1.12. The summed E-state index contributed by atoms with van der Waals surface area (Å²) in [5, 5.41) is 4.06. The van der Waals surface area contributed by atoms with Gasteiger partial charge in [0.05, 0.1) is 17.4 Å². The molecule has 12 heteroatoms. The minimum absolute atomic E-state index is 0.0731. The van der Waals surface area contributed by atoms with Crippen molar-refractivity contribution in [2.24, 2.45) is 0 Å². The van der Waals surface area contributed by atoms with E-state index in [4.69, 9.17) is 0 Å². The Morgan fingerprint density at radius 3 is 2.36 bits per heavy atom. The zero-order chi connectivity index (χ0) is 30.6. The number of nitrogens with zero attached hydrogens (tertiary/aromatic N) is 2. The Balaban J connectivity index is 1.63. The molecule has 0 saturated heterocycles. The molecule has 1 unspecified atom stereocenters. The molecular formula is C30H30F4N4O3S. The second kappa shape index (κ2) is 13.4. The van der Waals surface area contributed by atoms with Gasteiger partial charge in [0.15, 0.2) is 0 Å². The van der Waals surface area contributed by atoms with E-state index in [1.807, 2.05) is 19.0 Å². The van der Waals surface area contributed by atoms with Crippen molar-refractivity contribution < 1.29 is 31.9 Å². The SMILES string of the molecule is CC(NC(=O)Cc1cc(F)cc(F)c1)C(=O)N[C@@H]1C(=O)N(CCN(C)C)c2ccccc2S[C@@H]1c1cc(F)ccc1F. The summed E-state index contributed by atoms with van der Waals surface area (Å²) in [7, 11) is 3.69. The molecule has 3 aromatic carbocycles. The number of rotatable bonds is 9. The van der Waals surface area contributed by atoms with Crippen LogP contribution in [0.5, 0.6) is 0 Å². The second-order valence-electron chi connectivity index (χ2n) is 10.2. The fraction of sp³-hybridized carbons (Fsp3) is 0.300. The number of anilines is 1. The summed E-state index contributed by atoms with van der Waals surface area (Å²) in [6, 6.07) is 10.1. The fourth-order valence-electron chi connectivity index (χ4n) is 4.58. The molecule has 1 aliphatic heterocycles. The van der Waals surface area contributed by atoms with E-state index in [0.29, 0.717) is 23.2 Å². The first-order valence-electron chi connectivity index (χ1n) is 13.1. The summed E-state index contributed by atoms with van der Waals surface area (Å²) in [5.74, 6) is -5.12. The number of para-hydroxylation sites is 1. The van der Waals surface area contributed by atoms with E-state index in [9.17, 15) is 27.6 Å². The van der Waals surface area contributed by atoms with E-state index < -0.39 is 64.7 Å². The van der Waals surface area contributed by atoms with Crippen LogP contribution in [-0.4, -0.2) is 61.9 Å². The number of likely N-dealkylation sites (N-methyl/N-ethyl adjacent to an activating group) is 1. The second-order valence-corrected chi connectivity index (χ2v) is 11.4. The first kappa shape index (κ1) is 31.0. The van der Waals surface area contributed by atoms with Crippen molar-refractivity contribution in [2.75, 3.05) is 32.1 Å². The molecule has 3 atom stereocenters. The van der Waals surface area contributed by atoms with Crippen molar-refractivity contribution in [3.05, 3.63) is 95.1 Å². The molecule has 3 amide bonds. The third-order valence-electron chi connectivity index (χ3n) is 6.64. The molecule has 222 valence electrons. The molecule has 0 spiro atoms. The van der Waals surface area contributed by atoms with Crippen LogP contribution in [0.15, 0.2) is 65.6 Å². The van der Waals surface area contributed by atoms with Gasteiger partial charge in [0.1, 0.15) is 35.4 Å². The first-order valence-corrected chi connectivity index (χ1v) is 14.0. The van der Waals surface area contributed by atoms with Gasteiger partial charge >= 0.3 is 0 Å². The highest BCUT2D eigenvalue weighted by Crippen LogP contribution is 2.46. The third kappa shape index (κ3) is 7.48. The van der Waals surface area contributed by atoms with Crippen LogP contribution in [0.3, 0.4) is 0 Å². The molecule has 0 fully saturated rings. The van der Waals surface area contributed by atoms with Crippen molar-refractivity contribution in [3.63, 3.8) is 0 Å². The van der Waals surface area contributed by atoms with Crippen LogP contribution in [-0.2, 0) is 20.8 Å². The molecule has 0 aromatic heterocycles. The molecule has 0 aliphatic carbocycles. The van der Waals surface area contributed by atoms with Crippen LogP contribution in [0.1, 0.15) is 23.3 Å². The zero-order valence-corrected chi connectivity index (χ0v) is 24.0. The van der Waals surface area contributed by atoms with Crippen molar-refractivity contribution >= 4 is 35.2 Å². The number of benzene rings is 3. The van der Waals surface area contributed by atoms with E-state index in [1.54, 1.807) is 24.3 Å². The van der Waals surface area contributed by atoms with Gasteiger partial charge in [-0.15, -0.1) is 11.8 Å². The van der Waals surface area contributed by atoms with Gasteiger partial charge in [-0.1, -0.05) is 12.1 Å². The number of nitrogens with one attached hydrogen (secondary N) is 2. The zero-order valence-electron chi connectivity index (χ0n) is 23.2. The molecule has 2 N–H and O–H groups in total. The van der Waals surface area contributed by atoms with Gasteiger partial charge in [0.2, 0.25) is 11.8 Å². The van der Waals surface area contributed by atoms with Crippen LogP contribution in [0.4, 0.5) is 23.2 Å². The lowest BCUT2D eigenvalue weighted by Crippen LogP contribution is -2.55. The maximum atomic E-state index is 15.1. The minimum atomic E-state index is -1.34. The molecule has 1 heterocycles. The van der Waals surface area contributed by atoms with Crippen LogP contribution < -0.4 is 15.5 Å². The Labute approximate surface area is 245 Å². The fourth-order valence-corrected chi connectivity index (χ4v) is 5.94. The predicted octanol–water partition coefficient (Wildman–Crippen LogP) is 4.22. The molecule has 0 radical (unpaired) electrons. The lowest BCUT2D eigenvalue weighted by atomic mass is 10.0. The largest absolute Gasteiger partial charge is 0.344 e. The van der Waals surface area contributed by atoms with Crippen LogP contribution in [0, 0.1) is 23.3 Å². The highest BCUT2D eigenvalue weighted by molar-refractivity contribution is 7.99. The molecule has 42 heavy (non-hydrogen) atoms. The number of halogens is 4. The summed E-state index contributed by atoms with van der Waals surface area (Å²) in [5.41, 5.74) is 0.535. The molecule has 0 saturated carbocycles. The quantitative estimate of drug-likeness (QED) is 0.359. The third-order valence-corrected chi connectivity index (χ3v) is 8.01. The van der Waals surface area contributed by atoms with Crippen molar-refractivity contribution in [1.29, 1.82) is 0 Å². The van der Waals surface area contributed by atoms with E-state index in [1.165, 1.54) is 11.8 Å². The predicted molar refractivity (Wildman–Crippen MR) is 152 cm³/mol.